The van der Waals surface area contributed by atoms with Crippen LogP contribution in [0.15, 0.2) is 291 Å². The molecular weight excluding hydrogens is 949 g/mol. The molecule has 0 nitrogen and oxygen atoms in total. The smallest absolute Gasteiger partial charge is 0.0159 e. The minimum atomic E-state index is -0.184. The van der Waals surface area contributed by atoms with Crippen LogP contribution in [-0.2, 0) is 5.41 Å². The van der Waals surface area contributed by atoms with E-state index in [4.69, 9.17) is 0 Å². The number of hydrogen-bond acceptors (Lipinski definition) is 0. The largest absolute Gasteiger partial charge is 0.0622 e. The Hall–Kier alpha value is -9.88. The zero-order valence-electron chi connectivity index (χ0n) is 44.2. The van der Waals surface area contributed by atoms with E-state index in [1.165, 1.54) is 154 Å². The molecule has 1 aliphatic carbocycles. The summed E-state index contributed by atoms with van der Waals surface area (Å²) >= 11 is 0. The first-order valence-corrected chi connectivity index (χ1v) is 27.6. The maximum Gasteiger partial charge on any atom is 0.0159 e. The molecule has 0 heterocycles. The molecular formula is C79H54. The molecule has 0 radical (unpaired) electrons. The highest BCUT2D eigenvalue weighted by molar-refractivity contribution is 6.23. The number of hydrogen-bond donors (Lipinski definition) is 0. The maximum atomic E-state index is 2.45. The summed E-state index contributed by atoms with van der Waals surface area (Å²) in [6, 6.07) is 108. The van der Waals surface area contributed by atoms with Crippen LogP contribution in [0.5, 0.6) is 0 Å². The number of benzene rings is 14. The molecule has 0 saturated carbocycles. The second kappa shape index (κ2) is 18.7. The average molecular weight is 1000 g/mol. The highest BCUT2D eigenvalue weighted by Gasteiger charge is 2.36. The zero-order valence-corrected chi connectivity index (χ0v) is 44.2. The van der Waals surface area contributed by atoms with Crippen LogP contribution in [0, 0.1) is 0 Å². The van der Waals surface area contributed by atoms with E-state index < -0.39 is 0 Å². The lowest BCUT2D eigenvalue weighted by Gasteiger charge is -2.23. The topological polar surface area (TPSA) is 0 Å². The lowest BCUT2D eigenvalue weighted by Crippen LogP contribution is -2.15. The second-order valence-electron chi connectivity index (χ2n) is 21.9. The van der Waals surface area contributed by atoms with Gasteiger partial charge in [-0.05, 0) is 179 Å². The molecule has 0 atom stereocenters. The van der Waals surface area contributed by atoms with Crippen LogP contribution < -0.4 is 0 Å². The van der Waals surface area contributed by atoms with Gasteiger partial charge in [0.05, 0.1) is 0 Å². The predicted molar refractivity (Wildman–Crippen MR) is 338 cm³/mol. The van der Waals surface area contributed by atoms with E-state index in [9.17, 15) is 0 Å². The van der Waals surface area contributed by atoms with Gasteiger partial charge in [0.15, 0.2) is 0 Å². The Morgan fingerprint density at radius 2 is 0.405 bits per heavy atom. The molecule has 0 N–H and O–H groups in total. The summed E-state index contributed by atoms with van der Waals surface area (Å²) in [7, 11) is 0. The molecule has 0 spiro atoms. The van der Waals surface area contributed by atoms with E-state index in [0.29, 0.717) is 0 Å². The van der Waals surface area contributed by atoms with Crippen molar-refractivity contribution in [3.8, 4) is 100 Å². The number of fused-ring (bicyclic) bond motifs is 7. The van der Waals surface area contributed by atoms with Crippen LogP contribution in [0.1, 0.15) is 25.0 Å². The van der Waals surface area contributed by atoms with E-state index in [2.05, 4.69) is 305 Å². The van der Waals surface area contributed by atoms with Gasteiger partial charge in [-0.2, -0.15) is 0 Å². The Morgan fingerprint density at radius 1 is 0.177 bits per heavy atom. The summed E-state index contributed by atoms with van der Waals surface area (Å²) in [6.45, 7) is 4.79. The van der Waals surface area contributed by atoms with Gasteiger partial charge in [0.25, 0.3) is 0 Å². The van der Waals surface area contributed by atoms with Gasteiger partial charge in [0, 0.05) is 5.41 Å². The fourth-order valence-corrected chi connectivity index (χ4v) is 13.2. The summed E-state index contributed by atoms with van der Waals surface area (Å²) in [5, 5.41) is 10.1. The molecule has 79 heavy (non-hydrogen) atoms. The summed E-state index contributed by atoms with van der Waals surface area (Å²) in [4.78, 5) is 0. The maximum absolute atomic E-state index is 2.45. The molecule has 0 saturated heterocycles. The third-order valence-corrected chi connectivity index (χ3v) is 17.1. The van der Waals surface area contributed by atoms with Crippen molar-refractivity contribution < 1.29 is 0 Å². The Labute approximate surface area is 462 Å². The lowest BCUT2D eigenvalue weighted by molar-refractivity contribution is 0.661. The molecule has 0 amide bonds. The zero-order chi connectivity index (χ0) is 52.6. The fraction of sp³-hybridized carbons (Fsp3) is 0.0380. The minimum Gasteiger partial charge on any atom is -0.0622 e. The van der Waals surface area contributed by atoms with Crippen LogP contribution in [0.2, 0.25) is 0 Å². The first-order chi connectivity index (χ1) is 38.9. The van der Waals surface area contributed by atoms with Crippen molar-refractivity contribution in [2.24, 2.45) is 0 Å². The molecule has 0 unspecified atom stereocenters. The Bertz CT molecular complexity index is 4280. The van der Waals surface area contributed by atoms with Crippen LogP contribution in [-0.4, -0.2) is 0 Å². The van der Waals surface area contributed by atoms with Gasteiger partial charge < -0.3 is 0 Å². The van der Waals surface area contributed by atoms with E-state index in [1.807, 2.05) is 0 Å². The first kappa shape index (κ1) is 46.4. The Balaban J connectivity index is 0.742. The lowest BCUT2D eigenvalue weighted by atomic mass is 9.80. The molecule has 0 aromatic heterocycles. The van der Waals surface area contributed by atoms with Crippen LogP contribution in [0.3, 0.4) is 0 Å². The van der Waals surface area contributed by atoms with Crippen molar-refractivity contribution in [3.05, 3.63) is 302 Å². The fourth-order valence-electron chi connectivity index (χ4n) is 13.2. The van der Waals surface area contributed by atoms with Gasteiger partial charge in [0.2, 0.25) is 0 Å². The molecule has 1 aliphatic rings. The third-order valence-electron chi connectivity index (χ3n) is 17.1. The standard InChI is InChI=1S/C79H54/c1-79(2)73-49-59(53-35-39-55(40-36-53)75-65-27-9-13-31-69(65)77(70-32-14-10-28-66(70)75)61-25-17-23-57(47-61)51-19-5-3-6-20-51)43-45-63(73)64-46-44-60(50-74(64)79)54-37-41-56(42-38-54)76-67-29-11-15-33-71(67)78(72-34-16-12-30-68(72)76)62-26-18-24-58(48-62)52-21-7-4-8-22-52/h3-50H,1-2H3. The summed E-state index contributed by atoms with van der Waals surface area (Å²) in [5.74, 6) is 0. The first-order valence-electron chi connectivity index (χ1n) is 27.6. The normalized spacial score (nSPS) is 12.5. The van der Waals surface area contributed by atoms with Crippen molar-refractivity contribution >= 4 is 43.1 Å². The summed E-state index contributed by atoms with van der Waals surface area (Å²) in [5.41, 5.74) is 25.0. The average Bonchev–Trinajstić information content (AvgIpc) is 4.03. The van der Waals surface area contributed by atoms with Crippen molar-refractivity contribution in [2.75, 3.05) is 0 Å². The summed E-state index contributed by atoms with van der Waals surface area (Å²) < 4.78 is 0. The second-order valence-corrected chi connectivity index (χ2v) is 21.9. The molecule has 0 fully saturated rings. The summed E-state index contributed by atoms with van der Waals surface area (Å²) in [6.07, 6.45) is 0. The van der Waals surface area contributed by atoms with Gasteiger partial charge >= 0.3 is 0 Å². The Kier molecular flexibility index (Phi) is 11.0. The monoisotopic (exact) mass is 1000 g/mol. The van der Waals surface area contributed by atoms with Crippen molar-refractivity contribution in [1.82, 2.24) is 0 Å². The van der Waals surface area contributed by atoms with Gasteiger partial charge in [0.1, 0.15) is 0 Å². The van der Waals surface area contributed by atoms with Gasteiger partial charge in [-0.25, -0.2) is 0 Å². The highest BCUT2D eigenvalue weighted by Crippen LogP contribution is 2.52. The molecule has 14 aromatic carbocycles. The predicted octanol–water partition coefficient (Wildman–Crippen LogP) is 21.9. The van der Waals surface area contributed by atoms with Crippen molar-refractivity contribution in [1.29, 1.82) is 0 Å². The van der Waals surface area contributed by atoms with E-state index >= 15 is 0 Å². The molecule has 0 bridgehead atoms. The van der Waals surface area contributed by atoms with Crippen molar-refractivity contribution in [2.45, 2.75) is 19.3 Å². The van der Waals surface area contributed by atoms with Crippen LogP contribution in [0.25, 0.3) is 143 Å². The van der Waals surface area contributed by atoms with E-state index in [-0.39, 0.29) is 5.41 Å². The van der Waals surface area contributed by atoms with E-state index in [1.54, 1.807) is 0 Å². The quantitative estimate of drug-likeness (QED) is 0.133. The van der Waals surface area contributed by atoms with Gasteiger partial charge in [-0.3, -0.25) is 0 Å². The van der Waals surface area contributed by atoms with Gasteiger partial charge in [-0.15, -0.1) is 0 Å². The Morgan fingerprint density at radius 3 is 0.734 bits per heavy atom. The molecule has 15 rings (SSSR count). The molecule has 370 valence electrons. The van der Waals surface area contributed by atoms with Crippen LogP contribution >= 0.6 is 0 Å². The molecule has 0 heteroatoms. The minimum absolute atomic E-state index is 0.184. The third kappa shape index (κ3) is 7.74. The highest BCUT2D eigenvalue weighted by atomic mass is 14.4. The van der Waals surface area contributed by atoms with Crippen LogP contribution in [0.4, 0.5) is 0 Å². The molecule has 14 aromatic rings. The van der Waals surface area contributed by atoms with Crippen molar-refractivity contribution in [3.63, 3.8) is 0 Å². The number of rotatable bonds is 8. The molecule has 0 aliphatic heterocycles. The SMILES string of the molecule is CC1(C)c2cc(-c3ccc(-c4c5ccccc5c(-c5cccc(-c6ccccc6)c5)c5ccccc45)cc3)ccc2-c2ccc(-c3ccc(-c4c5ccccc5c(-c5cccc(-c6ccccc6)c5)c5ccccc45)cc3)cc21. The van der Waals surface area contributed by atoms with Gasteiger partial charge in [-0.1, -0.05) is 281 Å². The van der Waals surface area contributed by atoms with E-state index in [0.717, 1.165) is 0 Å².